The van der Waals surface area contributed by atoms with Crippen LogP contribution >= 0.6 is 35.3 Å². The molecule has 0 heterocycles. The summed E-state index contributed by atoms with van der Waals surface area (Å²) in [7, 11) is 0. The third-order valence-corrected chi connectivity index (χ3v) is 4.71. The van der Waals surface area contributed by atoms with E-state index in [1.807, 2.05) is 30.9 Å². The van der Waals surface area contributed by atoms with Crippen LogP contribution in [0.3, 0.4) is 0 Å². The predicted octanol–water partition coefficient (Wildman–Crippen LogP) is 3.48. The maximum absolute atomic E-state index is 10.7. The van der Waals surface area contributed by atoms with Crippen molar-refractivity contribution in [1.29, 1.82) is 0 Å². The highest BCUT2D eigenvalue weighted by molar-refractivity contribution is 8.03. The van der Waals surface area contributed by atoms with E-state index in [2.05, 4.69) is 0 Å². The first kappa shape index (κ1) is 13.8. The first-order valence-corrected chi connectivity index (χ1v) is 8.30. The number of rotatable bonds is 5. The Morgan fingerprint density at radius 1 is 1.12 bits per heavy atom. The molecule has 0 aliphatic heterocycles. The van der Waals surface area contributed by atoms with E-state index in [0.29, 0.717) is 0 Å². The summed E-state index contributed by atoms with van der Waals surface area (Å²) in [5.41, 5.74) is 0.874. The Morgan fingerprint density at radius 3 is 1.94 bits per heavy atom. The number of benzene rings is 1. The molecule has 0 radical (unpaired) electrons. The minimum absolute atomic E-state index is 0.0930. The van der Waals surface area contributed by atoms with E-state index in [0.717, 1.165) is 15.4 Å². The lowest BCUT2D eigenvalue weighted by atomic mass is 10.1. The topological polar surface area (TPSA) is 37.3 Å². The van der Waals surface area contributed by atoms with Gasteiger partial charge in [0, 0.05) is 14.7 Å². The molecule has 0 aliphatic carbocycles. The third-order valence-electron chi connectivity index (χ3n) is 2.08. The summed E-state index contributed by atoms with van der Waals surface area (Å²) in [6, 6.07) is 3.95. The van der Waals surface area contributed by atoms with Gasteiger partial charge in [-0.15, -0.1) is 35.3 Å². The number of carboxylic acids is 1. The predicted molar refractivity (Wildman–Crippen MR) is 73.1 cm³/mol. The van der Waals surface area contributed by atoms with Crippen molar-refractivity contribution in [2.75, 3.05) is 18.8 Å². The van der Waals surface area contributed by atoms with Crippen molar-refractivity contribution in [3.63, 3.8) is 0 Å². The molecule has 0 saturated heterocycles. The largest absolute Gasteiger partial charge is 0.481 e. The van der Waals surface area contributed by atoms with E-state index in [4.69, 9.17) is 5.11 Å². The van der Waals surface area contributed by atoms with Crippen LogP contribution < -0.4 is 0 Å². The monoisotopic (exact) mass is 274 g/mol. The van der Waals surface area contributed by atoms with Crippen molar-refractivity contribution >= 4 is 41.3 Å². The fourth-order valence-electron chi connectivity index (χ4n) is 1.41. The van der Waals surface area contributed by atoms with E-state index >= 15 is 0 Å². The molecule has 2 nitrogen and oxygen atoms in total. The van der Waals surface area contributed by atoms with Crippen LogP contribution in [0.2, 0.25) is 0 Å². The molecule has 1 N–H and O–H groups in total. The van der Waals surface area contributed by atoms with Crippen LogP contribution in [0.5, 0.6) is 0 Å². The second-order valence-electron chi connectivity index (χ2n) is 3.10. The zero-order chi connectivity index (χ0) is 12.1. The lowest BCUT2D eigenvalue weighted by Gasteiger charge is -2.12. The molecule has 0 spiro atoms. The van der Waals surface area contributed by atoms with Gasteiger partial charge in [0.15, 0.2) is 0 Å². The minimum Gasteiger partial charge on any atom is -0.481 e. The summed E-state index contributed by atoms with van der Waals surface area (Å²) >= 11 is 5.04. The number of thioether (sulfide) groups is 3. The molecule has 0 aliphatic rings. The SMILES string of the molecule is CSc1cc(CC(=O)O)cc(SC)c1SC. The average molecular weight is 274 g/mol. The smallest absolute Gasteiger partial charge is 0.307 e. The van der Waals surface area contributed by atoms with Crippen molar-refractivity contribution in [3.05, 3.63) is 17.7 Å². The van der Waals surface area contributed by atoms with E-state index in [9.17, 15) is 4.79 Å². The molecule has 0 aromatic heterocycles. The van der Waals surface area contributed by atoms with Gasteiger partial charge in [-0.25, -0.2) is 0 Å². The maximum Gasteiger partial charge on any atom is 0.307 e. The first-order chi connectivity index (χ1) is 7.62. The zero-order valence-corrected chi connectivity index (χ0v) is 11.9. The number of hydrogen-bond donors (Lipinski definition) is 1. The van der Waals surface area contributed by atoms with Crippen molar-refractivity contribution in [3.8, 4) is 0 Å². The van der Waals surface area contributed by atoms with Crippen LogP contribution in [-0.2, 0) is 11.2 Å². The summed E-state index contributed by atoms with van der Waals surface area (Å²) in [6.45, 7) is 0. The van der Waals surface area contributed by atoms with Crippen molar-refractivity contribution < 1.29 is 9.90 Å². The highest BCUT2D eigenvalue weighted by Gasteiger charge is 2.11. The van der Waals surface area contributed by atoms with E-state index < -0.39 is 5.97 Å². The fourth-order valence-corrected chi connectivity index (χ4v) is 4.13. The highest BCUT2D eigenvalue weighted by atomic mass is 32.2. The van der Waals surface area contributed by atoms with Gasteiger partial charge in [0.05, 0.1) is 6.42 Å². The van der Waals surface area contributed by atoms with Gasteiger partial charge in [-0.05, 0) is 36.5 Å². The standard InChI is InChI=1S/C11H14O2S3/c1-14-8-4-7(6-10(12)13)5-9(15-2)11(8)16-3/h4-5H,6H2,1-3H3,(H,12,13). The van der Waals surface area contributed by atoms with Crippen molar-refractivity contribution in [2.24, 2.45) is 0 Å². The van der Waals surface area contributed by atoms with Gasteiger partial charge >= 0.3 is 5.97 Å². The van der Waals surface area contributed by atoms with Crippen LogP contribution in [0.4, 0.5) is 0 Å². The van der Waals surface area contributed by atoms with Crippen molar-refractivity contribution in [1.82, 2.24) is 0 Å². The quantitative estimate of drug-likeness (QED) is 0.832. The van der Waals surface area contributed by atoms with Crippen LogP contribution in [0.1, 0.15) is 5.56 Å². The molecule has 0 amide bonds. The Kier molecular flexibility index (Phi) is 5.58. The molecule has 88 valence electrons. The van der Waals surface area contributed by atoms with Crippen molar-refractivity contribution in [2.45, 2.75) is 21.1 Å². The molecule has 0 bridgehead atoms. The summed E-state index contributed by atoms with van der Waals surface area (Å²) in [4.78, 5) is 14.3. The van der Waals surface area contributed by atoms with Crippen LogP contribution in [0.25, 0.3) is 0 Å². The Labute approximate surface area is 109 Å². The van der Waals surface area contributed by atoms with E-state index in [1.165, 1.54) is 4.90 Å². The van der Waals surface area contributed by atoms with E-state index in [1.54, 1.807) is 35.3 Å². The lowest BCUT2D eigenvalue weighted by Crippen LogP contribution is -2.01. The number of carboxylic acid groups (broad SMARTS) is 1. The molecular weight excluding hydrogens is 260 g/mol. The molecule has 1 rings (SSSR count). The second-order valence-corrected chi connectivity index (χ2v) is 5.62. The summed E-state index contributed by atoms with van der Waals surface area (Å²) < 4.78 is 0. The zero-order valence-electron chi connectivity index (χ0n) is 9.44. The lowest BCUT2D eigenvalue weighted by molar-refractivity contribution is -0.136. The Hall–Kier alpha value is -0.260. The summed E-state index contributed by atoms with van der Waals surface area (Å²) in [5, 5.41) is 8.80. The Morgan fingerprint density at radius 2 is 1.62 bits per heavy atom. The van der Waals surface area contributed by atoms with Gasteiger partial charge in [-0.1, -0.05) is 0 Å². The third kappa shape index (κ3) is 3.37. The maximum atomic E-state index is 10.7. The normalized spacial score (nSPS) is 10.4. The number of aliphatic carboxylic acids is 1. The van der Waals surface area contributed by atoms with Crippen LogP contribution in [-0.4, -0.2) is 29.8 Å². The molecule has 1 aromatic carbocycles. The van der Waals surface area contributed by atoms with Gasteiger partial charge in [-0.3, -0.25) is 4.79 Å². The van der Waals surface area contributed by atoms with E-state index in [-0.39, 0.29) is 6.42 Å². The van der Waals surface area contributed by atoms with Gasteiger partial charge < -0.3 is 5.11 Å². The molecule has 16 heavy (non-hydrogen) atoms. The summed E-state index contributed by atoms with van der Waals surface area (Å²) in [5.74, 6) is -0.781. The molecule has 0 fully saturated rings. The van der Waals surface area contributed by atoms with Crippen LogP contribution in [0, 0.1) is 0 Å². The van der Waals surface area contributed by atoms with Gasteiger partial charge in [-0.2, -0.15) is 0 Å². The Balaban J connectivity index is 3.20. The second kappa shape index (κ2) is 6.47. The molecule has 0 saturated carbocycles. The van der Waals surface area contributed by atoms with Crippen LogP contribution in [0.15, 0.2) is 26.8 Å². The molecule has 0 atom stereocenters. The molecular formula is C11H14O2S3. The number of carbonyl (C=O) groups is 1. The van der Waals surface area contributed by atoms with Gasteiger partial charge in [0.25, 0.3) is 0 Å². The molecule has 5 heteroatoms. The molecule has 0 unspecified atom stereocenters. The fraction of sp³-hybridized carbons (Fsp3) is 0.364. The first-order valence-electron chi connectivity index (χ1n) is 4.63. The Bertz CT molecular complexity index is 366. The summed E-state index contributed by atoms with van der Waals surface area (Å²) in [6.07, 6.45) is 6.18. The minimum atomic E-state index is -0.781. The number of hydrogen-bond acceptors (Lipinski definition) is 4. The average Bonchev–Trinajstić information content (AvgIpc) is 2.26. The highest BCUT2D eigenvalue weighted by Crippen LogP contribution is 2.37. The van der Waals surface area contributed by atoms with Gasteiger partial charge in [0.1, 0.15) is 0 Å². The molecule has 1 aromatic rings. The van der Waals surface area contributed by atoms with Gasteiger partial charge in [0.2, 0.25) is 0 Å².